The van der Waals surface area contributed by atoms with Crippen molar-refractivity contribution in [3.63, 3.8) is 0 Å². The van der Waals surface area contributed by atoms with Crippen LogP contribution in [0.3, 0.4) is 0 Å². The Bertz CT molecular complexity index is 171. The van der Waals surface area contributed by atoms with Crippen molar-refractivity contribution < 1.29 is 5.11 Å². The van der Waals surface area contributed by atoms with Crippen molar-refractivity contribution in [3.05, 3.63) is 0 Å². The molecule has 3 saturated carbocycles. The number of aliphatic hydroxyl groups is 1. The lowest BCUT2D eigenvalue weighted by molar-refractivity contribution is -0.0975. The van der Waals surface area contributed by atoms with Gasteiger partial charge in [0.1, 0.15) is 0 Å². The Morgan fingerprint density at radius 2 is 1.46 bits per heavy atom. The number of rotatable bonds is 2. The minimum absolute atomic E-state index is 0.251. The number of hydrogen-bond acceptors (Lipinski definition) is 1. The van der Waals surface area contributed by atoms with Gasteiger partial charge in [0, 0.05) is 0 Å². The first-order chi connectivity index (χ1) is 6.04. The fraction of sp³-hybridized carbons (Fsp3) is 1.00. The summed E-state index contributed by atoms with van der Waals surface area (Å²) in [4.78, 5) is 0. The Labute approximate surface area is 81.5 Å². The van der Waals surface area contributed by atoms with E-state index in [4.69, 9.17) is 0 Å². The molecule has 1 N–H and O–H groups in total. The maximum Gasteiger partial charge on any atom is 0.0648 e. The molecule has 0 aromatic heterocycles. The molecule has 1 nitrogen and oxygen atoms in total. The first kappa shape index (κ1) is 9.51. The predicted molar refractivity (Wildman–Crippen MR) is 54.5 cm³/mol. The Hall–Kier alpha value is -0.0400. The first-order valence-electron chi connectivity index (χ1n) is 5.76. The molecule has 13 heavy (non-hydrogen) atoms. The molecule has 0 saturated heterocycles. The van der Waals surface area contributed by atoms with Gasteiger partial charge in [-0.15, -0.1) is 0 Å². The lowest BCUT2D eigenvalue weighted by Crippen LogP contribution is -2.46. The molecule has 0 amide bonds. The van der Waals surface area contributed by atoms with Crippen molar-refractivity contribution in [2.75, 3.05) is 0 Å². The van der Waals surface area contributed by atoms with Gasteiger partial charge in [0.2, 0.25) is 0 Å². The maximum absolute atomic E-state index is 10.1. The van der Waals surface area contributed by atoms with Gasteiger partial charge in [-0.2, -0.15) is 0 Å². The molecule has 3 fully saturated rings. The lowest BCUT2D eigenvalue weighted by atomic mass is 9.56. The Kier molecular flexibility index (Phi) is 2.18. The maximum atomic E-state index is 10.1. The zero-order chi connectivity index (χ0) is 9.53. The second kappa shape index (κ2) is 2.98. The van der Waals surface area contributed by atoms with E-state index in [1.54, 1.807) is 0 Å². The van der Waals surface area contributed by atoms with Gasteiger partial charge in [0.05, 0.1) is 5.60 Å². The van der Waals surface area contributed by atoms with Gasteiger partial charge in [0.25, 0.3) is 0 Å². The van der Waals surface area contributed by atoms with Gasteiger partial charge in [-0.1, -0.05) is 13.8 Å². The van der Waals surface area contributed by atoms with Gasteiger partial charge in [-0.25, -0.2) is 0 Å². The van der Waals surface area contributed by atoms with Gasteiger partial charge in [-0.05, 0) is 56.3 Å². The van der Waals surface area contributed by atoms with Crippen LogP contribution in [0.15, 0.2) is 0 Å². The van der Waals surface area contributed by atoms with E-state index in [1.807, 2.05) is 0 Å². The molecule has 2 bridgehead atoms. The highest BCUT2D eigenvalue weighted by Crippen LogP contribution is 2.54. The number of fused-ring (bicyclic) bond motifs is 3. The minimum Gasteiger partial charge on any atom is -0.390 e. The molecule has 0 unspecified atom stereocenters. The standard InChI is InChI=1S/C12H22O/c1-10(2)9-11-3-6-12(13,7-4-11)8-5-11/h10,13H,3-9H2,1-2H3. The second-order valence-electron chi connectivity index (χ2n) is 5.82. The molecule has 0 aromatic carbocycles. The zero-order valence-corrected chi connectivity index (χ0v) is 8.97. The van der Waals surface area contributed by atoms with Crippen LogP contribution in [0.2, 0.25) is 0 Å². The molecule has 0 spiro atoms. The molecule has 0 heterocycles. The quantitative estimate of drug-likeness (QED) is 0.695. The molecule has 3 rings (SSSR count). The third kappa shape index (κ3) is 1.76. The van der Waals surface area contributed by atoms with E-state index >= 15 is 0 Å². The third-order valence-electron chi connectivity index (χ3n) is 4.20. The van der Waals surface area contributed by atoms with Crippen molar-refractivity contribution in [2.45, 2.75) is 64.4 Å². The molecule has 3 aliphatic carbocycles. The molecular formula is C12H22O. The minimum atomic E-state index is -0.251. The Morgan fingerprint density at radius 3 is 1.85 bits per heavy atom. The van der Waals surface area contributed by atoms with Crippen LogP contribution < -0.4 is 0 Å². The van der Waals surface area contributed by atoms with Crippen LogP contribution in [0, 0.1) is 11.3 Å². The van der Waals surface area contributed by atoms with Gasteiger partial charge in [-0.3, -0.25) is 0 Å². The highest BCUT2D eigenvalue weighted by atomic mass is 16.3. The van der Waals surface area contributed by atoms with E-state index in [2.05, 4.69) is 13.8 Å². The van der Waals surface area contributed by atoms with Crippen molar-refractivity contribution in [1.82, 2.24) is 0 Å². The van der Waals surface area contributed by atoms with E-state index in [0.717, 1.165) is 25.2 Å². The summed E-state index contributed by atoms with van der Waals surface area (Å²) in [5, 5.41) is 10.1. The fourth-order valence-electron chi connectivity index (χ4n) is 3.42. The molecule has 0 aliphatic heterocycles. The van der Waals surface area contributed by atoms with E-state index in [-0.39, 0.29) is 5.60 Å². The summed E-state index contributed by atoms with van der Waals surface area (Å²) in [6, 6.07) is 0. The predicted octanol–water partition coefficient (Wildman–Crippen LogP) is 3.12. The van der Waals surface area contributed by atoms with E-state index in [0.29, 0.717) is 5.41 Å². The highest BCUT2D eigenvalue weighted by Gasteiger charge is 2.47. The molecule has 0 aromatic rings. The van der Waals surface area contributed by atoms with Crippen molar-refractivity contribution in [3.8, 4) is 0 Å². The van der Waals surface area contributed by atoms with E-state index in [9.17, 15) is 5.11 Å². The van der Waals surface area contributed by atoms with Gasteiger partial charge in [0.15, 0.2) is 0 Å². The molecule has 1 heteroatoms. The van der Waals surface area contributed by atoms with Gasteiger partial charge >= 0.3 is 0 Å². The Morgan fingerprint density at radius 1 is 1.00 bits per heavy atom. The van der Waals surface area contributed by atoms with Crippen LogP contribution in [0.5, 0.6) is 0 Å². The van der Waals surface area contributed by atoms with Gasteiger partial charge < -0.3 is 5.11 Å². The average Bonchev–Trinajstić information content (AvgIpc) is 2.07. The zero-order valence-electron chi connectivity index (χ0n) is 8.97. The average molecular weight is 182 g/mol. The second-order valence-corrected chi connectivity index (χ2v) is 5.82. The molecule has 0 radical (unpaired) electrons. The van der Waals surface area contributed by atoms with Crippen LogP contribution >= 0.6 is 0 Å². The van der Waals surface area contributed by atoms with Crippen LogP contribution in [0.25, 0.3) is 0 Å². The topological polar surface area (TPSA) is 20.2 Å². The van der Waals surface area contributed by atoms with Crippen molar-refractivity contribution >= 4 is 0 Å². The smallest absolute Gasteiger partial charge is 0.0648 e. The summed E-state index contributed by atoms with van der Waals surface area (Å²) in [6.45, 7) is 4.65. The normalized spacial score (nSPS) is 44.3. The van der Waals surface area contributed by atoms with E-state index < -0.39 is 0 Å². The fourth-order valence-corrected chi connectivity index (χ4v) is 3.42. The number of hydrogen-bond donors (Lipinski definition) is 1. The molecule has 76 valence electrons. The SMILES string of the molecule is CC(C)CC12CCC(O)(CC1)CC2. The summed E-state index contributed by atoms with van der Waals surface area (Å²) in [5.41, 5.74) is 0.372. The lowest BCUT2D eigenvalue weighted by Gasteiger charge is -2.51. The summed E-state index contributed by atoms with van der Waals surface area (Å²) < 4.78 is 0. The van der Waals surface area contributed by atoms with Crippen molar-refractivity contribution in [1.29, 1.82) is 0 Å². The van der Waals surface area contributed by atoms with E-state index in [1.165, 1.54) is 25.7 Å². The molecule has 3 aliphatic rings. The van der Waals surface area contributed by atoms with Crippen LogP contribution in [0.1, 0.15) is 58.8 Å². The molecular weight excluding hydrogens is 160 g/mol. The summed E-state index contributed by atoms with van der Waals surface area (Å²) in [7, 11) is 0. The monoisotopic (exact) mass is 182 g/mol. The highest BCUT2D eigenvalue weighted by molar-refractivity contribution is 4.99. The van der Waals surface area contributed by atoms with Crippen LogP contribution in [0.4, 0.5) is 0 Å². The summed E-state index contributed by atoms with van der Waals surface area (Å²) in [6.07, 6.45) is 8.42. The van der Waals surface area contributed by atoms with Crippen LogP contribution in [-0.2, 0) is 0 Å². The Balaban J connectivity index is 2.03. The molecule has 0 atom stereocenters. The van der Waals surface area contributed by atoms with Crippen LogP contribution in [-0.4, -0.2) is 10.7 Å². The first-order valence-corrected chi connectivity index (χ1v) is 5.76. The van der Waals surface area contributed by atoms with Crippen molar-refractivity contribution in [2.24, 2.45) is 11.3 Å². The summed E-state index contributed by atoms with van der Waals surface area (Å²) >= 11 is 0. The largest absolute Gasteiger partial charge is 0.390 e. The third-order valence-corrected chi connectivity index (χ3v) is 4.20. The summed E-state index contributed by atoms with van der Waals surface area (Å²) in [5.74, 6) is 0.823.